The summed E-state index contributed by atoms with van der Waals surface area (Å²) in [5.41, 5.74) is 3.91. The minimum absolute atomic E-state index is 0.120. The number of halogens is 2. The molecule has 0 aliphatic carbocycles. The van der Waals surface area contributed by atoms with E-state index in [0.717, 1.165) is 21.6 Å². The highest BCUT2D eigenvalue weighted by molar-refractivity contribution is 7.07. The van der Waals surface area contributed by atoms with Crippen molar-refractivity contribution in [2.45, 2.75) is 26.4 Å². The van der Waals surface area contributed by atoms with Crippen LogP contribution in [0.2, 0.25) is 0 Å². The van der Waals surface area contributed by atoms with Crippen molar-refractivity contribution >= 4 is 17.6 Å². The molecule has 4 nitrogen and oxygen atoms in total. The minimum Gasteiger partial charge on any atom is -0.435 e. The first kappa shape index (κ1) is 19.9. The highest BCUT2D eigenvalue weighted by Crippen LogP contribution is 2.24. The highest BCUT2D eigenvalue weighted by atomic mass is 32.1. The van der Waals surface area contributed by atoms with Crippen molar-refractivity contribution in [1.82, 2.24) is 4.68 Å². The third-order valence-electron chi connectivity index (χ3n) is 4.18. The largest absolute Gasteiger partial charge is 0.435 e. The lowest BCUT2D eigenvalue weighted by molar-refractivity contribution is -0.0498. The molecule has 0 bridgehead atoms. The monoisotopic (exact) mass is 401 g/mol. The van der Waals surface area contributed by atoms with Gasteiger partial charge in [-0.15, -0.1) is 11.3 Å². The van der Waals surface area contributed by atoms with E-state index in [1.807, 2.05) is 17.5 Å². The van der Waals surface area contributed by atoms with Gasteiger partial charge in [-0.25, -0.2) is 4.68 Å². The summed E-state index contributed by atoms with van der Waals surface area (Å²) >= 11 is 1.46. The summed E-state index contributed by atoms with van der Waals surface area (Å²) < 4.78 is 30.8. The van der Waals surface area contributed by atoms with Gasteiger partial charge in [-0.2, -0.15) is 13.9 Å². The Kier molecular flexibility index (Phi) is 6.36. The highest BCUT2D eigenvalue weighted by Gasteiger charge is 2.09. The number of hydrogen-bond acceptors (Lipinski definition) is 4. The molecule has 1 aromatic heterocycles. The first-order valence-corrected chi connectivity index (χ1v) is 9.69. The van der Waals surface area contributed by atoms with Gasteiger partial charge in [0, 0.05) is 18.0 Å². The molecule has 0 radical (unpaired) electrons. The van der Waals surface area contributed by atoms with Crippen molar-refractivity contribution < 1.29 is 13.5 Å². The van der Waals surface area contributed by atoms with Crippen LogP contribution in [0, 0.1) is 0 Å². The molecule has 0 spiro atoms. The van der Waals surface area contributed by atoms with E-state index in [9.17, 15) is 8.78 Å². The molecule has 0 saturated heterocycles. The molecule has 1 heterocycles. The van der Waals surface area contributed by atoms with Crippen LogP contribution in [0.4, 0.5) is 8.78 Å². The van der Waals surface area contributed by atoms with Crippen LogP contribution < -0.4 is 9.54 Å². The number of rotatable bonds is 6. The summed E-state index contributed by atoms with van der Waals surface area (Å²) in [6.45, 7) is 1.47. The van der Waals surface area contributed by atoms with Gasteiger partial charge >= 0.3 is 6.61 Å². The quantitative estimate of drug-likeness (QED) is 0.513. The van der Waals surface area contributed by atoms with Crippen molar-refractivity contribution in [2.75, 3.05) is 7.05 Å². The Bertz CT molecular complexity index is 1000. The molecule has 7 heteroatoms. The fraction of sp³-hybridized carbons (Fsp3) is 0.238. The normalized spacial score (nSPS) is 12.5. The van der Waals surface area contributed by atoms with E-state index in [4.69, 9.17) is 0 Å². The molecule has 0 unspecified atom stereocenters. The van der Waals surface area contributed by atoms with Crippen molar-refractivity contribution in [3.05, 3.63) is 69.8 Å². The molecular formula is C21H21F2N3OS. The average molecular weight is 401 g/mol. The zero-order valence-electron chi connectivity index (χ0n) is 15.8. The van der Waals surface area contributed by atoms with Crippen molar-refractivity contribution in [1.29, 1.82) is 0 Å². The Morgan fingerprint density at radius 3 is 2.29 bits per heavy atom. The smallest absolute Gasteiger partial charge is 0.387 e. The first-order chi connectivity index (χ1) is 13.5. The van der Waals surface area contributed by atoms with Crippen LogP contribution in [0.1, 0.15) is 30.9 Å². The van der Waals surface area contributed by atoms with Crippen LogP contribution in [0.25, 0.3) is 11.3 Å². The Hall–Kier alpha value is -2.80. The second-order valence-electron chi connectivity index (χ2n) is 6.41. The van der Waals surface area contributed by atoms with Gasteiger partial charge in [0.1, 0.15) is 5.75 Å². The van der Waals surface area contributed by atoms with E-state index in [2.05, 4.69) is 40.8 Å². The van der Waals surface area contributed by atoms with Crippen LogP contribution in [0.3, 0.4) is 0 Å². The molecule has 146 valence electrons. The molecule has 2 aromatic carbocycles. The molecular weight excluding hydrogens is 380 g/mol. The van der Waals surface area contributed by atoms with Crippen LogP contribution >= 0.6 is 11.3 Å². The molecule has 28 heavy (non-hydrogen) atoms. The van der Waals surface area contributed by atoms with E-state index in [0.29, 0.717) is 5.92 Å². The van der Waals surface area contributed by atoms with Crippen LogP contribution in [-0.4, -0.2) is 24.5 Å². The Morgan fingerprint density at radius 2 is 1.71 bits per heavy atom. The maximum Gasteiger partial charge on any atom is 0.387 e. The molecule has 0 N–H and O–H groups in total. The maximum absolute atomic E-state index is 12.3. The van der Waals surface area contributed by atoms with Crippen molar-refractivity contribution in [2.24, 2.45) is 10.1 Å². The molecule has 3 rings (SSSR count). The summed E-state index contributed by atoms with van der Waals surface area (Å²) in [5, 5.41) is 6.52. The van der Waals surface area contributed by atoms with Crippen LogP contribution in [0.15, 0.2) is 64.0 Å². The summed E-state index contributed by atoms with van der Waals surface area (Å²) in [5.74, 6) is 0.598. The van der Waals surface area contributed by atoms with Crippen LogP contribution in [-0.2, 0) is 0 Å². The van der Waals surface area contributed by atoms with Crippen molar-refractivity contribution in [3.8, 4) is 17.0 Å². The molecule has 0 fully saturated rings. The van der Waals surface area contributed by atoms with Crippen molar-refractivity contribution in [3.63, 3.8) is 0 Å². The average Bonchev–Trinajstić information content (AvgIpc) is 3.09. The van der Waals surface area contributed by atoms with Gasteiger partial charge in [0.2, 0.25) is 4.80 Å². The third kappa shape index (κ3) is 4.72. The second-order valence-corrected chi connectivity index (χ2v) is 7.24. The molecule has 0 atom stereocenters. The predicted octanol–water partition coefficient (Wildman–Crippen LogP) is 5.35. The summed E-state index contributed by atoms with van der Waals surface area (Å²) in [4.78, 5) is 5.00. The maximum atomic E-state index is 12.3. The number of alkyl halides is 2. The van der Waals surface area contributed by atoms with E-state index in [1.165, 1.54) is 29.0 Å². The zero-order valence-corrected chi connectivity index (χ0v) is 16.7. The summed E-state index contributed by atoms with van der Waals surface area (Å²) in [6, 6.07) is 14.7. The first-order valence-electron chi connectivity index (χ1n) is 8.81. The van der Waals surface area contributed by atoms with Gasteiger partial charge in [0.05, 0.1) is 11.9 Å². The lowest BCUT2D eigenvalue weighted by Gasteiger charge is -2.07. The van der Waals surface area contributed by atoms with Gasteiger partial charge in [-0.1, -0.05) is 38.1 Å². The third-order valence-corrected chi connectivity index (χ3v) is 5.08. The number of thiazole rings is 1. The van der Waals surface area contributed by atoms with Gasteiger partial charge in [0.25, 0.3) is 0 Å². The standard InChI is InChI=1S/C21H21F2N3OS/c1-14(2)16-6-4-15(5-7-16)12-25-26-19(13-28-21(26)24-3)17-8-10-18(11-9-17)27-20(22)23/h4-14,20H,1-3H3/b24-21?,25-12+. The number of hydrogen-bond donors (Lipinski definition) is 0. The predicted molar refractivity (Wildman–Crippen MR) is 109 cm³/mol. The Balaban J connectivity index is 1.90. The molecule has 0 aliphatic heterocycles. The molecule has 0 aliphatic rings. The molecule has 0 saturated carbocycles. The molecule has 0 amide bonds. The number of nitrogens with zero attached hydrogens (tertiary/aromatic N) is 3. The number of ether oxygens (including phenoxy) is 1. The lowest BCUT2D eigenvalue weighted by atomic mass is 10.0. The van der Waals surface area contributed by atoms with Crippen LogP contribution in [0.5, 0.6) is 5.75 Å². The molecule has 3 aromatic rings. The number of benzene rings is 2. The van der Waals surface area contributed by atoms with Gasteiger partial charge in [-0.3, -0.25) is 4.99 Å². The van der Waals surface area contributed by atoms with Gasteiger partial charge in [-0.05, 0) is 41.3 Å². The second kappa shape index (κ2) is 8.93. The summed E-state index contributed by atoms with van der Waals surface area (Å²) in [7, 11) is 1.71. The Morgan fingerprint density at radius 1 is 1.04 bits per heavy atom. The number of aromatic nitrogens is 1. The lowest BCUT2D eigenvalue weighted by Crippen LogP contribution is -2.11. The minimum atomic E-state index is -2.84. The Labute approximate surface area is 166 Å². The fourth-order valence-electron chi connectivity index (χ4n) is 2.66. The van der Waals surface area contributed by atoms with Gasteiger partial charge < -0.3 is 4.74 Å². The summed E-state index contributed by atoms with van der Waals surface area (Å²) in [6.07, 6.45) is 1.78. The van der Waals surface area contributed by atoms with E-state index < -0.39 is 6.61 Å². The van der Waals surface area contributed by atoms with E-state index >= 15 is 0 Å². The van der Waals surface area contributed by atoms with E-state index in [1.54, 1.807) is 30.1 Å². The fourth-order valence-corrected chi connectivity index (χ4v) is 3.46. The SMILES string of the molecule is CN=c1scc(-c2ccc(OC(F)F)cc2)n1/N=C/c1ccc(C(C)C)cc1. The van der Waals surface area contributed by atoms with E-state index in [-0.39, 0.29) is 5.75 Å². The zero-order chi connectivity index (χ0) is 20.1. The van der Waals surface area contributed by atoms with Gasteiger partial charge in [0.15, 0.2) is 0 Å². The topological polar surface area (TPSA) is 38.9 Å².